The van der Waals surface area contributed by atoms with Crippen molar-refractivity contribution in [2.24, 2.45) is 4.99 Å². The first kappa shape index (κ1) is 15.9. The molecular formula is C18H11ClN2O3S. The van der Waals surface area contributed by atoms with Gasteiger partial charge in [-0.05, 0) is 42.0 Å². The lowest BCUT2D eigenvalue weighted by molar-refractivity contribution is -0.120. The van der Waals surface area contributed by atoms with E-state index in [0.29, 0.717) is 20.6 Å². The molecule has 0 atom stereocenters. The van der Waals surface area contributed by atoms with Gasteiger partial charge in [0.25, 0.3) is 11.8 Å². The van der Waals surface area contributed by atoms with Crippen LogP contribution in [-0.2, 0) is 4.79 Å². The Hall–Kier alpha value is -2.57. The minimum absolute atomic E-state index is 0.222. The molecule has 2 aliphatic rings. The average molecular weight is 371 g/mol. The Morgan fingerprint density at radius 2 is 1.88 bits per heavy atom. The summed E-state index contributed by atoms with van der Waals surface area (Å²) in [5.74, 6) is -0.0853. The van der Waals surface area contributed by atoms with Gasteiger partial charge in [-0.25, -0.2) is 9.89 Å². The predicted molar refractivity (Wildman–Crippen MR) is 96.9 cm³/mol. The van der Waals surface area contributed by atoms with Crippen molar-refractivity contribution in [3.8, 4) is 5.75 Å². The number of nitrogens with zero attached hydrogens (tertiary/aromatic N) is 2. The van der Waals surface area contributed by atoms with Crippen LogP contribution in [0.15, 0.2) is 58.0 Å². The summed E-state index contributed by atoms with van der Waals surface area (Å²) in [5.41, 5.74) is 1.47. The molecule has 2 aromatic rings. The first-order valence-corrected chi connectivity index (χ1v) is 8.57. The van der Waals surface area contributed by atoms with Crippen molar-refractivity contribution in [2.75, 3.05) is 7.11 Å². The van der Waals surface area contributed by atoms with E-state index in [2.05, 4.69) is 4.99 Å². The fourth-order valence-corrected chi connectivity index (χ4v) is 3.86. The minimum atomic E-state index is -0.427. The number of methoxy groups -OCH3 is 1. The van der Waals surface area contributed by atoms with Crippen molar-refractivity contribution in [2.45, 2.75) is 4.90 Å². The van der Waals surface area contributed by atoms with Crippen molar-refractivity contribution in [3.63, 3.8) is 0 Å². The second-order valence-corrected chi connectivity index (χ2v) is 6.83. The number of carbonyl (C=O) groups is 2. The van der Waals surface area contributed by atoms with Crippen LogP contribution >= 0.6 is 23.4 Å². The van der Waals surface area contributed by atoms with Gasteiger partial charge in [0.15, 0.2) is 5.17 Å². The van der Waals surface area contributed by atoms with Crippen molar-refractivity contribution in [1.29, 1.82) is 0 Å². The number of aliphatic imine (C=N–C) groups is 1. The lowest BCUT2D eigenvalue weighted by Crippen LogP contribution is -2.39. The molecule has 4 rings (SSSR count). The Morgan fingerprint density at radius 1 is 1.12 bits per heavy atom. The van der Waals surface area contributed by atoms with Crippen LogP contribution in [0, 0.1) is 0 Å². The topological polar surface area (TPSA) is 59.0 Å². The molecule has 0 spiro atoms. The first-order valence-electron chi connectivity index (χ1n) is 7.37. The molecule has 2 amide bonds. The van der Waals surface area contributed by atoms with Gasteiger partial charge in [0, 0.05) is 9.92 Å². The normalized spacial score (nSPS) is 17.4. The van der Waals surface area contributed by atoms with Gasteiger partial charge in [-0.2, -0.15) is 0 Å². The molecule has 0 saturated carbocycles. The number of amides is 2. The number of carbonyl (C=O) groups excluding carboxylic acids is 2. The van der Waals surface area contributed by atoms with E-state index in [4.69, 9.17) is 16.3 Å². The summed E-state index contributed by atoms with van der Waals surface area (Å²) in [6, 6.07) is 12.2. The highest BCUT2D eigenvalue weighted by atomic mass is 35.5. The van der Waals surface area contributed by atoms with Gasteiger partial charge in [0.1, 0.15) is 11.4 Å². The van der Waals surface area contributed by atoms with Gasteiger partial charge in [0.05, 0.1) is 12.7 Å². The standard InChI is InChI=1S/C18H11ClN2O3S/c1-24-12-5-2-10(3-6-12)8-14-17(23)21-16(22)13-7-4-11(19)9-15(13)25-18(21)20-14/h2-9H,1H3/b14-8-. The summed E-state index contributed by atoms with van der Waals surface area (Å²) in [5, 5.41) is 0.885. The van der Waals surface area contributed by atoms with E-state index in [0.717, 1.165) is 16.2 Å². The lowest BCUT2D eigenvalue weighted by atomic mass is 10.1. The van der Waals surface area contributed by atoms with Crippen LogP contribution in [0.3, 0.4) is 0 Å². The molecule has 0 aromatic heterocycles. The zero-order chi connectivity index (χ0) is 17.6. The van der Waals surface area contributed by atoms with Crippen molar-refractivity contribution < 1.29 is 14.3 Å². The number of ether oxygens (including phenoxy) is 1. The summed E-state index contributed by atoms with van der Waals surface area (Å²) in [6.07, 6.45) is 1.65. The number of rotatable bonds is 2. The Labute approximate surface area is 152 Å². The fourth-order valence-electron chi connectivity index (χ4n) is 2.58. The van der Waals surface area contributed by atoms with Crippen molar-refractivity contribution in [1.82, 2.24) is 4.90 Å². The van der Waals surface area contributed by atoms with E-state index < -0.39 is 5.91 Å². The molecule has 0 saturated heterocycles. The molecule has 0 bridgehead atoms. The Morgan fingerprint density at radius 3 is 2.60 bits per heavy atom. The second kappa shape index (κ2) is 6.06. The molecule has 0 fully saturated rings. The number of thioether (sulfide) groups is 1. The van der Waals surface area contributed by atoms with Crippen molar-refractivity contribution in [3.05, 3.63) is 64.3 Å². The highest BCUT2D eigenvalue weighted by Gasteiger charge is 2.40. The molecule has 0 aliphatic carbocycles. The van der Waals surface area contributed by atoms with Gasteiger partial charge in [-0.3, -0.25) is 9.59 Å². The van der Waals surface area contributed by atoms with Crippen LogP contribution in [-0.4, -0.2) is 29.0 Å². The maximum Gasteiger partial charge on any atom is 0.285 e. The van der Waals surface area contributed by atoms with E-state index in [1.807, 2.05) is 12.1 Å². The summed E-state index contributed by atoms with van der Waals surface area (Å²) in [4.78, 5) is 31.4. The highest BCUT2D eigenvalue weighted by Crippen LogP contribution is 2.38. The zero-order valence-corrected chi connectivity index (χ0v) is 14.6. The van der Waals surface area contributed by atoms with E-state index in [1.54, 1.807) is 43.5 Å². The van der Waals surface area contributed by atoms with E-state index in [1.165, 1.54) is 11.8 Å². The Balaban J connectivity index is 1.70. The number of benzene rings is 2. The number of halogens is 1. The summed E-state index contributed by atoms with van der Waals surface area (Å²) >= 11 is 7.25. The molecule has 0 unspecified atom stereocenters. The van der Waals surface area contributed by atoms with Crippen LogP contribution in [0.1, 0.15) is 15.9 Å². The Bertz CT molecular complexity index is 967. The largest absolute Gasteiger partial charge is 0.497 e. The van der Waals surface area contributed by atoms with Gasteiger partial charge in [0.2, 0.25) is 0 Å². The smallest absolute Gasteiger partial charge is 0.285 e. The minimum Gasteiger partial charge on any atom is -0.497 e. The predicted octanol–water partition coefficient (Wildman–Crippen LogP) is 3.83. The monoisotopic (exact) mass is 370 g/mol. The van der Waals surface area contributed by atoms with Gasteiger partial charge in [-0.1, -0.05) is 35.5 Å². The maximum atomic E-state index is 12.6. The molecule has 2 aromatic carbocycles. The molecule has 0 N–H and O–H groups in total. The lowest BCUT2D eigenvalue weighted by Gasteiger charge is -2.22. The van der Waals surface area contributed by atoms with Gasteiger partial charge >= 0.3 is 0 Å². The average Bonchev–Trinajstić information content (AvgIpc) is 2.91. The van der Waals surface area contributed by atoms with Gasteiger partial charge < -0.3 is 4.74 Å². The number of fused-ring (bicyclic) bond motifs is 2. The summed E-state index contributed by atoms with van der Waals surface area (Å²) in [6.45, 7) is 0. The SMILES string of the molecule is COc1ccc(/C=C2\N=C3Sc4cc(Cl)ccc4C(=O)N3C2=O)cc1. The third-order valence-electron chi connectivity index (χ3n) is 3.83. The number of amidine groups is 1. The molecule has 0 radical (unpaired) electrons. The molecule has 2 heterocycles. The highest BCUT2D eigenvalue weighted by molar-refractivity contribution is 8.14. The summed E-state index contributed by atoms with van der Waals surface area (Å²) in [7, 11) is 1.59. The number of hydrogen-bond acceptors (Lipinski definition) is 5. The van der Waals surface area contributed by atoms with Crippen molar-refractivity contribution >= 4 is 46.4 Å². The van der Waals surface area contributed by atoms with E-state index >= 15 is 0 Å². The Kier molecular flexibility index (Phi) is 3.86. The number of hydrogen-bond donors (Lipinski definition) is 0. The van der Waals surface area contributed by atoms with Crippen LogP contribution in [0.2, 0.25) is 5.02 Å². The third-order valence-corrected chi connectivity index (χ3v) is 5.08. The number of imide groups is 1. The third kappa shape index (κ3) is 2.73. The maximum absolute atomic E-state index is 12.6. The second-order valence-electron chi connectivity index (χ2n) is 5.39. The zero-order valence-electron chi connectivity index (χ0n) is 13.0. The summed E-state index contributed by atoms with van der Waals surface area (Å²) < 4.78 is 5.11. The quantitative estimate of drug-likeness (QED) is 0.595. The van der Waals surface area contributed by atoms with E-state index in [-0.39, 0.29) is 11.6 Å². The molecule has 25 heavy (non-hydrogen) atoms. The van der Waals surface area contributed by atoms with E-state index in [9.17, 15) is 9.59 Å². The van der Waals surface area contributed by atoms with Crippen LogP contribution in [0.4, 0.5) is 0 Å². The van der Waals surface area contributed by atoms with Gasteiger partial charge in [-0.15, -0.1) is 0 Å². The first-order chi connectivity index (χ1) is 12.1. The molecule has 5 nitrogen and oxygen atoms in total. The van der Waals surface area contributed by atoms with Crippen LogP contribution < -0.4 is 4.74 Å². The molecular weight excluding hydrogens is 360 g/mol. The molecule has 124 valence electrons. The molecule has 2 aliphatic heterocycles. The van der Waals surface area contributed by atoms with Crippen LogP contribution in [0.5, 0.6) is 5.75 Å². The molecule has 7 heteroatoms. The van der Waals surface area contributed by atoms with Crippen LogP contribution in [0.25, 0.3) is 6.08 Å². The fraction of sp³-hybridized carbons (Fsp3) is 0.0556.